The van der Waals surface area contributed by atoms with Crippen molar-refractivity contribution in [2.24, 2.45) is 11.5 Å². The Balaban J connectivity index is 1.10. The molecule has 0 saturated heterocycles. The molecule has 0 fully saturated rings. The molecule has 17 heteroatoms. The number of benzene rings is 4. The molecule has 5 atom stereocenters. The zero-order valence-electron chi connectivity index (χ0n) is 36.8. The van der Waals surface area contributed by atoms with Crippen molar-refractivity contribution in [1.82, 2.24) is 41.7 Å². The van der Waals surface area contributed by atoms with Crippen LogP contribution in [-0.2, 0) is 43.2 Å². The van der Waals surface area contributed by atoms with Crippen LogP contribution in [0.4, 0.5) is 10.5 Å². The van der Waals surface area contributed by atoms with Crippen molar-refractivity contribution in [3.8, 4) is 0 Å². The number of nitrogens with zero attached hydrogens (tertiary/aromatic N) is 1. The van der Waals surface area contributed by atoms with Gasteiger partial charge in [0.2, 0.25) is 23.6 Å². The molecule has 4 aromatic carbocycles. The topological polar surface area (TPSA) is 261 Å². The lowest BCUT2D eigenvalue weighted by molar-refractivity contribution is -0.132. The maximum Gasteiger partial charge on any atom is 0.336 e. The Kier molecular flexibility index (Phi) is 15.3. The van der Waals surface area contributed by atoms with Gasteiger partial charge in [0.25, 0.3) is 5.91 Å². The SMILES string of the molecule is CN(NC(=O)[C@@H](Cc1c[nH]c2ccccc12)NC(=O)CC1CNc2ccccc21)C(=O)N[C@@H](Cc1c[nH]c2ccccc12)C(=O)N[C@H](Cc1ccccc1)C(=O)N[C@@H](CCCCN)C(N)=O. The summed E-state index contributed by atoms with van der Waals surface area (Å²) in [5.74, 6) is -3.16. The van der Waals surface area contributed by atoms with Gasteiger partial charge in [-0.05, 0) is 66.3 Å². The third-order valence-corrected chi connectivity index (χ3v) is 11.9. The Bertz CT molecular complexity index is 2660. The summed E-state index contributed by atoms with van der Waals surface area (Å²) in [6, 6.07) is 26.5. The molecule has 7 amide bonds. The molecule has 0 aliphatic carbocycles. The number of amides is 7. The maximum atomic E-state index is 14.5. The Hall–Kier alpha value is -7.66. The highest BCUT2D eigenvalue weighted by molar-refractivity contribution is 5.96. The lowest BCUT2D eigenvalue weighted by atomic mass is 9.97. The largest absolute Gasteiger partial charge is 0.384 e. The summed E-state index contributed by atoms with van der Waals surface area (Å²) in [5, 5.41) is 17.2. The van der Waals surface area contributed by atoms with E-state index in [4.69, 9.17) is 11.5 Å². The third-order valence-electron chi connectivity index (χ3n) is 11.9. The number of aromatic amines is 2. The summed E-state index contributed by atoms with van der Waals surface area (Å²) in [6.07, 6.45) is 5.26. The predicted molar refractivity (Wildman–Crippen MR) is 253 cm³/mol. The van der Waals surface area contributed by atoms with Gasteiger partial charge in [0.15, 0.2) is 0 Å². The van der Waals surface area contributed by atoms with Crippen LogP contribution in [0.25, 0.3) is 21.8 Å². The Morgan fingerprint density at radius 1 is 0.652 bits per heavy atom. The maximum absolute atomic E-state index is 14.5. The fourth-order valence-electron chi connectivity index (χ4n) is 8.40. The zero-order chi connectivity index (χ0) is 46.6. The third kappa shape index (κ3) is 11.7. The number of urea groups is 1. The summed E-state index contributed by atoms with van der Waals surface area (Å²) in [6.45, 7) is 0.980. The highest BCUT2D eigenvalue weighted by atomic mass is 16.2. The molecule has 7 rings (SSSR count). The first-order chi connectivity index (χ1) is 32.0. The average molecular weight is 896 g/mol. The molecule has 0 saturated carbocycles. The summed E-state index contributed by atoms with van der Waals surface area (Å²) < 4.78 is 0. The molecule has 1 aliphatic rings. The molecular weight excluding hydrogens is 839 g/mol. The van der Waals surface area contributed by atoms with Crippen LogP contribution < -0.4 is 43.5 Å². The minimum atomic E-state index is -1.27. The fourth-order valence-corrected chi connectivity index (χ4v) is 8.40. The van der Waals surface area contributed by atoms with E-state index in [1.165, 1.54) is 7.05 Å². The van der Waals surface area contributed by atoms with Gasteiger partial charge < -0.3 is 48.0 Å². The Morgan fingerprint density at radius 2 is 1.21 bits per heavy atom. The number of anilines is 1. The molecule has 344 valence electrons. The van der Waals surface area contributed by atoms with Crippen molar-refractivity contribution < 1.29 is 28.8 Å². The van der Waals surface area contributed by atoms with Crippen LogP contribution in [0.5, 0.6) is 0 Å². The van der Waals surface area contributed by atoms with E-state index in [2.05, 4.69) is 42.0 Å². The standard InChI is InChI=1S/C49H57N11O6/c1-60(59-48(65)43(25-32-28-53-38-19-9-6-16-35(32)38)55-44(61)26-33-29-54-39-20-10-7-17-36(33)39)49(66)58-42(24-31-27-52-37-18-8-5-15-34(31)37)47(64)57-41(23-30-13-3-2-4-14-30)46(63)56-40(45(51)62)21-11-12-22-50/h2-10,13-20,27-28,33,40-43,52-54H,11-12,21-26,29,50H2,1H3,(H2,51,62)(H,55,61)(H,56,63)(H,57,64)(H,58,66)(H,59,65)/t33?,40-,41+,42-,43+/m0/s1. The van der Waals surface area contributed by atoms with Gasteiger partial charge >= 0.3 is 6.03 Å². The Labute approximate surface area is 382 Å². The first kappa shape index (κ1) is 46.3. The van der Waals surface area contributed by atoms with Crippen LogP contribution in [0.15, 0.2) is 116 Å². The number of H-pyrrole nitrogens is 2. The lowest BCUT2D eigenvalue weighted by Gasteiger charge is -2.27. The van der Waals surface area contributed by atoms with E-state index in [0.717, 1.165) is 49.2 Å². The second-order valence-corrected chi connectivity index (χ2v) is 16.7. The number of hydrogen-bond donors (Lipinski definition) is 10. The monoisotopic (exact) mass is 895 g/mol. The van der Waals surface area contributed by atoms with E-state index < -0.39 is 53.8 Å². The highest BCUT2D eigenvalue weighted by Gasteiger charge is 2.32. The van der Waals surface area contributed by atoms with Crippen LogP contribution in [-0.4, -0.2) is 94.8 Å². The number of carbonyl (C=O) groups is 6. The molecule has 66 heavy (non-hydrogen) atoms. The van der Waals surface area contributed by atoms with Crippen molar-refractivity contribution >= 4 is 63.1 Å². The number of fused-ring (bicyclic) bond motifs is 3. The molecule has 2 aromatic heterocycles. The van der Waals surface area contributed by atoms with E-state index in [9.17, 15) is 28.8 Å². The first-order valence-corrected chi connectivity index (χ1v) is 22.2. The van der Waals surface area contributed by atoms with Gasteiger partial charge in [0, 0.05) is 85.1 Å². The molecule has 0 spiro atoms. The van der Waals surface area contributed by atoms with E-state index in [-0.39, 0.29) is 43.9 Å². The Morgan fingerprint density at radius 3 is 1.85 bits per heavy atom. The van der Waals surface area contributed by atoms with Crippen molar-refractivity contribution in [3.63, 3.8) is 0 Å². The zero-order valence-corrected chi connectivity index (χ0v) is 36.8. The number of aromatic nitrogens is 2. The number of primary amides is 1. The summed E-state index contributed by atoms with van der Waals surface area (Å²) in [5.41, 5.74) is 19.8. The van der Waals surface area contributed by atoms with E-state index in [0.29, 0.717) is 31.5 Å². The van der Waals surface area contributed by atoms with Gasteiger partial charge in [-0.2, -0.15) is 0 Å². The van der Waals surface area contributed by atoms with Gasteiger partial charge in [-0.1, -0.05) is 84.9 Å². The number of nitrogens with two attached hydrogens (primary N) is 2. The molecular formula is C49H57N11O6. The van der Waals surface area contributed by atoms with Crippen LogP contribution in [0, 0.1) is 0 Å². The number of hydrazine groups is 1. The van der Waals surface area contributed by atoms with E-state index in [1.807, 2.05) is 78.9 Å². The molecule has 0 radical (unpaired) electrons. The van der Waals surface area contributed by atoms with Crippen LogP contribution >= 0.6 is 0 Å². The lowest BCUT2D eigenvalue weighted by Crippen LogP contribution is -2.60. The number of para-hydroxylation sites is 3. The second kappa shape index (κ2) is 21.8. The molecule has 3 heterocycles. The van der Waals surface area contributed by atoms with Gasteiger partial charge in [0.1, 0.15) is 24.2 Å². The van der Waals surface area contributed by atoms with Crippen molar-refractivity contribution in [2.45, 2.75) is 75.0 Å². The van der Waals surface area contributed by atoms with E-state index >= 15 is 0 Å². The highest BCUT2D eigenvalue weighted by Crippen LogP contribution is 2.33. The first-order valence-electron chi connectivity index (χ1n) is 22.2. The molecule has 0 bridgehead atoms. The van der Waals surface area contributed by atoms with Crippen LogP contribution in [0.3, 0.4) is 0 Å². The molecule has 17 nitrogen and oxygen atoms in total. The quantitative estimate of drug-likeness (QED) is 0.0400. The molecule has 1 aliphatic heterocycles. The molecule has 6 aromatic rings. The fraction of sp³-hybridized carbons (Fsp3) is 0.306. The number of rotatable bonds is 20. The van der Waals surface area contributed by atoms with Crippen LogP contribution in [0.1, 0.15) is 53.9 Å². The van der Waals surface area contributed by atoms with Gasteiger partial charge in [0.05, 0.1) is 0 Å². The number of carbonyl (C=O) groups excluding carboxylic acids is 6. The minimum Gasteiger partial charge on any atom is -0.384 e. The minimum absolute atomic E-state index is 0.00948. The predicted octanol–water partition coefficient (Wildman–Crippen LogP) is 3.39. The summed E-state index contributed by atoms with van der Waals surface area (Å²) in [7, 11) is 1.33. The van der Waals surface area contributed by atoms with Crippen molar-refractivity contribution in [1.29, 1.82) is 0 Å². The number of hydrogen-bond acceptors (Lipinski definition) is 8. The normalized spacial score (nSPS) is 14.8. The summed E-state index contributed by atoms with van der Waals surface area (Å²) in [4.78, 5) is 89.2. The second-order valence-electron chi connectivity index (χ2n) is 16.7. The van der Waals surface area contributed by atoms with Crippen molar-refractivity contribution in [2.75, 3.05) is 25.5 Å². The number of unbranched alkanes of at least 4 members (excludes halogenated alkanes) is 1. The van der Waals surface area contributed by atoms with Gasteiger partial charge in [-0.15, -0.1) is 0 Å². The summed E-state index contributed by atoms with van der Waals surface area (Å²) >= 11 is 0. The number of nitrogens with one attached hydrogen (secondary N) is 8. The van der Waals surface area contributed by atoms with Gasteiger partial charge in [-0.3, -0.25) is 29.4 Å². The average Bonchev–Trinajstić information content (AvgIpc) is 4.05. The smallest absolute Gasteiger partial charge is 0.336 e. The van der Waals surface area contributed by atoms with Crippen LogP contribution in [0.2, 0.25) is 0 Å². The van der Waals surface area contributed by atoms with E-state index in [1.54, 1.807) is 36.7 Å². The van der Waals surface area contributed by atoms with Gasteiger partial charge in [-0.25, -0.2) is 9.80 Å². The molecule has 1 unspecified atom stereocenters. The molecule has 12 N–H and O–H groups in total. The van der Waals surface area contributed by atoms with Crippen molar-refractivity contribution in [3.05, 3.63) is 138 Å².